The SMILES string of the molecule is CC(C)(C)c1csc(NC(=O)N2CC3CCC2C(N)C3)n1. The molecule has 3 N–H and O–H groups in total. The summed E-state index contributed by atoms with van der Waals surface area (Å²) in [5, 5.41) is 5.65. The zero-order valence-electron chi connectivity index (χ0n) is 12.9. The molecular weight excluding hydrogens is 284 g/mol. The van der Waals surface area contributed by atoms with E-state index in [4.69, 9.17) is 5.73 Å². The summed E-state index contributed by atoms with van der Waals surface area (Å²) in [7, 11) is 0. The molecule has 1 saturated carbocycles. The Balaban J connectivity index is 1.68. The summed E-state index contributed by atoms with van der Waals surface area (Å²) in [4.78, 5) is 18.9. The Morgan fingerprint density at radius 2 is 2.24 bits per heavy atom. The zero-order valence-corrected chi connectivity index (χ0v) is 13.7. The molecule has 5 nitrogen and oxygen atoms in total. The summed E-state index contributed by atoms with van der Waals surface area (Å²) in [5.41, 5.74) is 7.19. The van der Waals surface area contributed by atoms with Gasteiger partial charge in [0.15, 0.2) is 5.13 Å². The van der Waals surface area contributed by atoms with Crippen LogP contribution < -0.4 is 11.1 Å². The predicted molar refractivity (Wildman–Crippen MR) is 85.6 cm³/mol. The number of hydrogen-bond acceptors (Lipinski definition) is 4. The number of aromatic nitrogens is 1. The third kappa shape index (κ3) is 2.92. The molecule has 2 saturated heterocycles. The van der Waals surface area contributed by atoms with E-state index in [0.717, 1.165) is 25.1 Å². The number of fused-ring (bicyclic) bond motifs is 3. The average Bonchev–Trinajstić information content (AvgIpc) is 2.87. The minimum Gasteiger partial charge on any atom is -0.326 e. The highest BCUT2D eigenvalue weighted by Crippen LogP contribution is 2.35. The van der Waals surface area contributed by atoms with Crippen molar-refractivity contribution in [1.82, 2.24) is 9.88 Å². The van der Waals surface area contributed by atoms with Gasteiger partial charge in [0.1, 0.15) is 0 Å². The maximum Gasteiger partial charge on any atom is 0.323 e. The fourth-order valence-electron chi connectivity index (χ4n) is 3.32. The van der Waals surface area contributed by atoms with Gasteiger partial charge in [0.25, 0.3) is 0 Å². The van der Waals surface area contributed by atoms with Gasteiger partial charge in [0, 0.05) is 29.4 Å². The molecule has 3 fully saturated rings. The van der Waals surface area contributed by atoms with E-state index in [-0.39, 0.29) is 23.5 Å². The first-order valence-electron chi connectivity index (χ1n) is 7.64. The molecule has 2 amide bonds. The van der Waals surface area contributed by atoms with Crippen LogP contribution in [0.5, 0.6) is 0 Å². The maximum atomic E-state index is 12.5. The van der Waals surface area contributed by atoms with Crippen LogP contribution in [0.15, 0.2) is 5.38 Å². The Kier molecular flexibility index (Phi) is 3.69. The highest BCUT2D eigenvalue weighted by atomic mass is 32.1. The molecule has 3 unspecified atom stereocenters. The monoisotopic (exact) mass is 308 g/mol. The number of carbonyl (C=O) groups is 1. The second-order valence-corrected chi connectivity index (χ2v) is 8.14. The quantitative estimate of drug-likeness (QED) is 0.838. The van der Waals surface area contributed by atoms with Crippen molar-refractivity contribution in [3.63, 3.8) is 0 Å². The van der Waals surface area contributed by atoms with Crippen molar-refractivity contribution >= 4 is 22.5 Å². The van der Waals surface area contributed by atoms with Crippen LogP contribution in [0.4, 0.5) is 9.93 Å². The van der Waals surface area contributed by atoms with Gasteiger partial charge in [-0.2, -0.15) is 0 Å². The van der Waals surface area contributed by atoms with Gasteiger partial charge < -0.3 is 10.6 Å². The van der Waals surface area contributed by atoms with Crippen molar-refractivity contribution < 1.29 is 4.79 Å². The normalized spacial score (nSPS) is 28.8. The predicted octanol–water partition coefficient (Wildman–Crippen LogP) is 2.78. The number of nitrogens with one attached hydrogen (secondary N) is 1. The maximum absolute atomic E-state index is 12.5. The van der Waals surface area contributed by atoms with Crippen molar-refractivity contribution in [2.75, 3.05) is 11.9 Å². The van der Waals surface area contributed by atoms with Crippen LogP contribution in [0.2, 0.25) is 0 Å². The van der Waals surface area contributed by atoms with Gasteiger partial charge in [0.05, 0.1) is 5.69 Å². The van der Waals surface area contributed by atoms with E-state index >= 15 is 0 Å². The van der Waals surface area contributed by atoms with Crippen molar-refractivity contribution in [2.45, 2.75) is 57.5 Å². The Morgan fingerprint density at radius 1 is 1.48 bits per heavy atom. The first-order chi connectivity index (χ1) is 9.84. The molecular formula is C15H24N4OS. The Labute approximate surface area is 129 Å². The Bertz CT molecular complexity index is 536. The molecule has 21 heavy (non-hydrogen) atoms. The number of carbonyl (C=O) groups excluding carboxylic acids is 1. The lowest BCUT2D eigenvalue weighted by molar-refractivity contribution is 0.0647. The van der Waals surface area contributed by atoms with Gasteiger partial charge in [-0.05, 0) is 25.2 Å². The minimum atomic E-state index is -0.0466. The molecule has 3 atom stereocenters. The van der Waals surface area contributed by atoms with Gasteiger partial charge in [0.2, 0.25) is 0 Å². The van der Waals surface area contributed by atoms with Crippen LogP contribution in [0, 0.1) is 5.92 Å². The van der Waals surface area contributed by atoms with Crippen molar-refractivity contribution in [2.24, 2.45) is 11.7 Å². The average molecular weight is 308 g/mol. The first-order valence-corrected chi connectivity index (χ1v) is 8.52. The largest absolute Gasteiger partial charge is 0.326 e. The van der Waals surface area contributed by atoms with Crippen LogP contribution in [0.3, 0.4) is 0 Å². The number of piperidine rings is 2. The number of thiazole rings is 1. The molecule has 0 spiro atoms. The summed E-state index contributed by atoms with van der Waals surface area (Å²) in [5.74, 6) is 0.567. The molecule has 1 aromatic rings. The molecule has 3 aliphatic rings. The molecule has 1 aromatic heterocycles. The second kappa shape index (κ2) is 5.25. The smallest absolute Gasteiger partial charge is 0.323 e. The molecule has 3 heterocycles. The topological polar surface area (TPSA) is 71.2 Å². The van der Waals surface area contributed by atoms with Gasteiger partial charge in [-0.3, -0.25) is 5.32 Å². The first kappa shape index (κ1) is 14.8. The van der Waals surface area contributed by atoms with Crippen molar-refractivity contribution in [1.29, 1.82) is 0 Å². The van der Waals surface area contributed by atoms with Crippen LogP contribution in [-0.2, 0) is 5.41 Å². The standard InChI is InChI=1S/C15H24N4OS/c1-15(2,3)12-8-21-13(17-12)18-14(20)19-7-9-4-5-11(19)10(16)6-9/h8-11H,4-7,16H2,1-3H3,(H,17,18,20). The molecule has 2 bridgehead atoms. The molecule has 0 radical (unpaired) electrons. The number of nitrogens with zero attached hydrogens (tertiary/aromatic N) is 2. The number of urea groups is 1. The van der Waals surface area contributed by atoms with Crippen LogP contribution >= 0.6 is 11.3 Å². The summed E-state index contributed by atoms with van der Waals surface area (Å²) < 4.78 is 0. The molecule has 6 heteroatoms. The van der Waals surface area contributed by atoms with Gasteiger partial charge >= 0.3 is 6.03 Å². The summed E-state index contributed by atoms with van der Waals surface area (Å²) in [6, 6.07) is 0.274. The van der Waals surface area contributed by atoms with Crippen LogP contribution in [0.25, 0.3) is 0 Å². The van der Waals surface area contributed by atoms with E-state index in [1.165, 1.54) is 17.8 Å². The summed E-state index contributed by atoms with van der Waals surface area (Å²) >= 11 is 1.49. The van der Waals surface area contributed by atoms with E-state index in [1.807, 2.05) is 10.3 Å². The molecule has 2 aliphatic heterocycles. The fraction of sp³-hybridized carbons (Fsp3) is 0.733. The number of rotatable bonds is 1. The molecule has 4 rings (SSSR count). The number of amides is 2. The number of anilines is 1. The number of hydrogen-bond donors (Lipinski definition) is 2. The lowest BCUT2D eigenvalue weighted by Gasteiger charge is -2.48. The lowest BCUT2D eigenvalue weighted by atomic mass is 9.77. The second-order valence-electron chi connectivity index (χ2n) is 7.28. The molecule has 1 aliphatic carbocycles. The van der Waals surface area contributed by atoms with E-state index < -0.39 is 0 Å². The van der Waals surface area contributed by atoms with Gasteiger partial charge in [-0.15, -0.1) is 11.3 Å². The highest BCUT2D eigenvalue weighted by molar-refractivity contribution is 7.13. The Hall–Kier alpha value is -1.14. The number of nitrogens with two attached hydrogens (primary N) is 1. The van der Waals surface area contributed by atoms with Crippen LogP contribution in [0.1, 0.15) is 45.7 Å². The van der Waals surface area contributed by atoms with E-state index in [1.54, 1.807) is 0 Å². The minimum absolute atomic E-state index is 0.00598. The van der Waals surface area contributed by atoms with Crippen LogP contribution in [-0.4, -0.2) is 34.5 Å². The van der Waals surface area contributed by atoms with Crippen molar-refractivity contribution in [3.05, 3.63) is 11.1 Å². The zero-order chi connectivity index (χ0) is 15.2. The third-order valence-corrected chi connectivity index (χ3v) is 5.33. The van der Waals surface area contributed by atoms with Crippen molar-refractivity contribution in [3.8, 4) is 0 Å². The third-order valence-electron chi connectivity index (χ3n) is 4.57. The molecule has 0 aromatic carbocycles. The highest BCUT2D eigenvalue weighted by Gasteiger charge is 2.41. The van der Waals surface area contributed by atoms with Gasteiger partial charge in [-0.1, -0.05) is 20.8 Å². The van der Waals surface area contributed by atoms with E-state index in [0.29, 0.717) is 11.0 Å². The van der Waals surface area contributed by atoms with E-state index in [2.05, 4.69) is 31.1 Å². The fourth-order valence-corrected chi connectivity index (χ4v) is 4.25. The Morgan fingerprint density at radius 3 is 2.81 bits per heavy atom. The summed E-state index contributed by atoms with van der Waals surface area (Å²) in [6.07, 6.45) is 3.29. The molecule has 116 valence electrons. The lowest BCUT2D eigenvalue weighted by Crippen LogP contribution is -2.61. The van der Waals surface area contributed by atoms with E-state index in [9.17, 15) is 4.79 Å². The van der Waals surface area contributed by atoms with Gasteiger partial charge in [-0.25, -0.2) is 9.78 Å². The summed E-state index contributed by atoms with van der Waals surface area (Å²) in [6.45, 7) is 7.20.